The SMILES string of the molecule is NC(=S)NC(=O)c1cc2ccccc2[nH]1. The van der Waals surface area contributed by atoms with Gasteiger partial charge in [-0.1, -0.05) is 18.2 Å². The quantitative estimate of drug-likeness (QED) is 0.630. The number of benzene rings is 1. The highest BCUT2D eigenvalue weighted by atomic mass is 32.1. The van der Waals surface area contributed by atoms with E-state index < -0.39 is 0 Å². The highest BCUT2D eigenvalue weighted by Gasteiger charge is 2.08. The van der Waals surface area contributed by atoms with Crippen molar-refractivity contribution in [1.29, 1.82) is 0 Å². The van der Waals surface area contributed by atoms with E-state index in [1.807, 2.05) is 24.3 Å². The molecule has 0 spiro atoms. The van der Waals surface area contributed by atoms with Gasteiger partial charge in [-0.25, -0.2) is 0 Å². The van der Waals surface area contributed by atoms with E-state index in [9.17, 15) is 4.79 Å². The van der Waals surface area contributed by atoms with E-state index in [-0.39, 0.29) is 11.0 Å². The maximum absolute atomic E-state index is 11.5. The van der Waals surface area contributed by atoms with Gasteiger partial charge in [0.1, 0.15) is 5.69 Å². The summed E-state index contributed by atoms with van der Waals surface area (Å²) in [7, 11) is 0. The topological polar surface area (TPSA) is 70.9 Å². The van der Waals surface area contributed by atoms with Gasteiger partial charge < -0.3 is 10.7 Å². The van der Waals surface area contributed by atoms with Crippen LogP contribution in [0.25, 0.3) is 10.9 Å². The number of amides is 1. The first kappa shape index (κ1) is 9.67. The van der Waals surface area contributed by atoms with Crippen molar-refractivity contribution >= 4 is 34.1 Å². The number of aromatic amines is 1. The number of aromatic nitrogens is 1. The third-order valence-electron chi connectivity index (χ3n) is 2.01. The Hall–Kier alpha value is -1.88. The third kappa shape index (κ3) is 1.97. The average Bonchev–Trinajstić information content (AvgIpc) is 2.59. The fourth-order valence-electron chi connectivity index (χ4n) is 1.37. The number of carbonyl (C=O) groups is 1. The molecule has 4 nitrogen and oxygen atoms in total. The largest absolute Gasteiger partial charge is 0.376 e. The van der Waals surface area contributed by atoms with Gasteiger partial charge >= 0.3 is 0 Å². The van der Waals surface area contributed by atoms with Crippen molar-refractivity contribution in [3.05, 3.63) is 36.0 Å². The van der Waals surface area contributed by atoms with Crippen LogP contribution in [0.1, 0.15) is 10.5 Å². The molecule has 1 heterocycles. The second-order valence-electron chi connectivity index (χ2n) is 3.09. The molecule has 5 heteroatoms. The van der Waals surface area contributed by atoms with E-state index in [1.54, 1.807) is 6.07 Å². The van der Waals surface area contributed by atoms with Gasteiger partial charge in [0.05, 0.1) is 0 Å². The first-order valence-corrected chi connectivity index (χ1v) is 4.76. The Kier molecular flexibility index (Phi) is 2.39. The molecule has 0 aliphatic heterocycles. The molecule has 1 aromatic heterocycles. The van der Waals surface area contributed by atoms with Crippen LogP contribution in [-0.2, 0) is 0 Å². The number of nitrogens with two attached hydrogens (primary N) is 1. The standard InChI is InChI=1S/C10H9N3OS/c11-10(15)13-9(14)8-5-6-3-1-2-4-7(6)12-8/h1-5,12H,(H3,11,13,14,15). The van der Waals surface area contributed by atoms with Crippen LogP contribution in [0.2, 0.25) is 0 Å². The Morgan fingerprint density at radius 3 is 2.80 bits per heavy atom. The minimum Gasteiger partial charge on any atom is -0.376 e. The summed E-state index contributed by atoms with van der Waals surface area (Å²) in [4.78, 5) is 14.5. The van der Waals surface area contributed by atoms with Crippen molar-refractivity contribution in [3.8, 4) is 0 Å². The Morgan fingerprint density at radius 1 is 1.40 bits per heavy atom. The number of carbonyl (C=O) groups excluding carboxylic acids is 1. The number of hydrogen-bond donors (Lipinski definition) is 3. The lowest BCUT2D eigenvalue weighted by Gasteiger charge is -1.98. The first-order chi connectivity index (χ1) is 7.16. The number of H-pyrrole nitrogens is 1. The number of para-hydroxylation sites is 1. The van der Waals surface area contributed by atoms with Crippen molar-refractivity contribution in [2.45, 2.75) is 0 Å². The molecule has 1 amide bonds. The van der Waals surface area contributed by atoms with Crippen molar-refractivity contribution in [1.82, 2.24) is 10.3 Å². The van der Waals surface area contributed by atoms with Crippen molar-refractivity contribution in [2.24, 2.45) is 5.73 Å². The Balaban J connectivity index is 2.36. The summed E-state index contributed by atoms with van der Waals surface area (Å²) in [5, 5.41) is 3.31. The van der Waals surface area contributed by atoms with Crippen LogP contribution in [0, 0.1) is 0 Å². The molecule has 0 radical (unpaired) electrons. The summed E-state index contributed by atoms with van der Waals surface area (Å²) in [6.07, 6.45) is 0. The van der Waals surface area contributed by atoms with Crippen LogP contribution in [0.5, 0.6) is 0 Å². The predicted octanol–water partition coefficient (Wildman–Crippen LogP) is 1.14. The van der Waals surface area contributed by atoms with Gasteiger partial charge in [0.2, 0.25) is 0 Å². The Bertz CT molecular complexity index is 499. The molecular formula is C10H9N3OS. The van der Waals surface area contributed by atoms with Crippen LogP contribution in [-0.4, -0.2) is 16.0 Å². The van der Waals surface area contributed by atoms with Gasteiger partial charge in [-0.05, 0) is 24.4 Å². The molecule has 15 heavy (non-hydrogen) atoms. The van der Waals surface area contributed by atoms with Gasteiger partial charge in [-0.2, -0.15) is 0 Å². The third-order valence-corrected chi connectivity index (χ3v) is 2.11. The zero-order valence-corrected chi connectivity index (χ0v) is 8.60. The lowest BCUT2D eigenvalue weighted by Crippen LogP contribution is -2.34. The normalized spacial score (nSPS) is 10.1. The van der Waals surface area contributed by atoms with E-state index in [4.69, 9.17) is 5.73 Å². The Morgan fingerprint density at radius 2 is 2.13 bits per heavy atom. The molecule has 0 aliphatic rings. The number of fused-ring (bicyclic) bond motifs is 1. The van der Waals surface area contributed by atoms with Crippen LogP contribution in [0.15, 0.2) is 30.3 Å². The molecule has 0 fully saturated rings. The summed E-state index contributed by atoms with van der Waals surface area (Å²) in [5.74, 6) is -0.321. The van der Waals surface area contributed by atoms with E-state index in [0.717, 1.165) is 10.9 Å². The molecule has 0 aliphatic carbocycles. The van der Waals surface area contributed by atoms with Crippen molar-refractivity contribution in [2.75, 3.05) is 0 Å². The van der Waals surface area contributed by atoms with Crippen molar-refractivity contribution < 1.29 is 4.79 Å². The van der Waals surface area contributed by atoms with Crippen LogP contribution < -0.4 is 11.1 Å². The van der Waals surface area contributed by atoms with E-state index >= 15 is 0 Å². The van der Waals surface area contributed by atoms with Gasteiger partial charge in [-0.15, -0.1) is 0 Å². The molecule has 76 valence electrons. The highest BCUT2D eigenvalue weighted by Crippen LogP contribution is 2.14. The monoisotopic (exact) mass is 219 g/mol. The second-order valence-corrected chi connectivity index (χ2v) is 3.53. The lowest BCUT2D eigenvalue weighted by molar-refractivity contribution is 0.0973. The maximum Gasteiger partial charge on any atom is 0.273 e. The summed E-state index contributed by atoms with van der Waals surface area (Å²) in [5.41, 5.74) is 6.57. The lowest BCUT2D eigenvalue weighted by atomic mass is 10.2. The van der Waals surface area contributed by atoms with Gasteiger partial charge in [0, 0.05) is 10.9 Å². The van der Waals surface area contributed by atoms with E-state index in [2.05, 4.69) is 22.5 Å². The summed E-state index contributed by atoms with van der Waals surface area (Å²) in [6, 6.07) is 9.37. The second kappa shape index (κ2) is 3.70. The van der Waals surface area contributed by atoms with E-state index in [0.29, 0.717) is 5.69 Å². The summed E-state index contributed by atoms with van der Waals surface area (Å²) < 4.78 is 0. The molecule has 0 unspecified atom stereocenters. The molecule has 0 saturated heterocycles. The molecular weight excluding hydrogens is 210 g/mol. The molecule has 0 bridgehead atoms. The molecule has 0 atom stereocenters. The predicted molar refractivity (Wildman–Crippen MR) is 62.6 cm³/mol. The van der Waals surface area contributed by atoms with Gasteiger partial charge in [0.15, 0.2) is 5.11 Å². The number of thiocarbonyl (C=S) groups is 1. The number of rotatable bonds is 1. The zero-order valence-electron chi connectivity index (χ0n) is 7.78. The molecule has 0 saturated carbocycles. The summed E-state index contributed by atoms with van der Waals surface area (Å²) in [6.45, 7) is 0. The average molecular weight is 219 g/mol. The zero-order chi connectivity index (χ0) is 10.8. The highest BCUT2D eigenvalue weighted by molar-refractivity contribution is 7.80. The minimum atomic E-state index is -0.321. The Labute approximate surface area is 91.5 Å². The summed E-state index contributed by atoms with van der Waals surface area (Å²) >= 11 is 4.58. The fraction of sp³-hybridized carbons (Fsp3) is 0. The van der Waals surface area contributed by atoms with Gasteiger partial charge in [-0.3, -0.25) is 10.1 Å². The molecule has 2 rings (SSSR count). The van der Waals surface area contributed by atoms with Crippen molar-refractivity contribution in [3.63, 3.8) is 0 Å². The number of hydrogen-bond acceptors (Lipinski definition) is 2. The molecule has 4 N–H and O–H groups in total. The maximum atomic E-state index is 11.5. The molecule has 1 aromatic carbocycles. The van der Waals surface area contributed by atoms with Crippen LogP contribution in [0.4, 0.5) is 0 Å². The minimum absolute atomic E-state index is 0.0290. The fourth-order valence-corrected chi connectivity index (χ4v) is 1.47. The molecule has 2 aromatic rings. The smallest absolute Gasteiger partial charge is 0.273 e. The van der Waals surface area contributed by atoms with E-state index in [1.165, 1.54) is 0 Å². The van der Waals surface area contributed by atoms with Crippen LogP contribution in [0.3, 0.4) is 0 Å². The van der Waals surface area contributed by atoms with Gasteiger partial charge in [0.25, 0.3) is 5.91 Å². The van der Waals surface area contributed by atoms with Crippen LogP contribution >= 0.6 is 12.2 Å². The first-order valence-electron chi connectivity index (χ1n) is 4.35. The number of nitrogens with one attached hydrogen (secondary N) is 2.